The molecule has 1 heterocycles. The van der Waals surface area contributed by atoms with Crippen LogP contribution in [-0.2, 0) is 6.54 Å². The molecule has 4 heteroatoms. The van der Waals surface area contributed by atoms with Crippen LogP contribution in [0.1, 0.15) is 18.4 Å². The third-order valence-corrected chi connectivity index (χ3v) is 4.37. The van der Waals surface area contributed by atoms with Gasteiger partial charge in [0.2, 0.25) is 0 Å². The van der Waals surface area contributed by atoms with Crippen molar-refractivity contribution in [1.82, 2.24) is 4.90 Å². The lowest BCUT2D eigenvalue weighted by Gasteiger charge is -2.37. The van der Waals surface area contributed by atoms with E-state index in [1.165, 1.54) is 11.6 Å². The van der Waals surface area contributed by atoms with E-state index in [4.69, 9.17) is 4.74 Å². The summed E-state index contributed by atoms with van der Waals surface area (Å²) in [4.78, 5) is 2.33. The summed E-state index contributed by atoms with van der Waals surface area (Å²) in [5.41, 5.74) is 0.399. The third-order valence-electron chi connectivity index (χ3n) is 4.37. The van der Waals surface area contributed by atoms with E-state index in [1.54, 1.807) is 18.2 Å². The van der Waals surface area contributed by atoms with Crippen LogP contribution in [0.25, 0.3) is 0 Å². The molecule has 1 aliphatic heterocycles. The van der Waals surface area contributed by atoms with Crippen LogP contribution in [0.2, 0.25) is 0 Å². The van der Waals surface area contributed by atoms with Gasteiger partial charge in [0.25, 0.3) is 0 Å². The molecule has 0 amide bonds. The van der Waals surface area contributed by atoms with Gasteiger partial charge in [-0.3, -0.25) is 4.90 Å². The smallest absolute Gasteiger partial charge is 0.165 e. The first kappa shape index (κ1) is 16.0. The molecule has 0 aliphatic carbocycles. The molecule has 0 unspecified atom stereocenters. The molecule has 0 radical (unpaired) electrons. The van der Waals surface area contributed by atoms with Crippen LogP contribution < -0.4 is 4.74 Å². The molecule has 1 N–H and O–H groups in total. The average molecular weight is 315 g/mol. The largest absolute Gasteiger partial charge is 0.488 e. The van der Waals surface area contributed by atoms with E-state index in [2.05, 4.69) is 17.0 Å². The summed E-state index contributed by atoms with van der Waals surface area (Å²) >= 11 is 0. The van der Waals surface area contributed by atoms with Crippen LogP contribution in [-0.4, -0.2) is 35.3 Å². The number of para-hydroxylation sites is 1. The molecule has 23 heavy (non-hydrogen) atoms. The van der Waals surface area contributed by atoms with E-state index in [1.807, 2.05) is 18.2 Å². The maximum atomic E-state index is 13.6. The van der Waals surface area contributed by atoms with Gasteiger partial charge < -0.3 is 9.84 Å². The summed E-state index contributed by atoms with van der Waals surface area (Å²) in [6.45, 7) is 2.65. The molecule has 3 rings (SSSR count). The van der Waals surface area contributed by atoms with Crippen molar-refractivity contribution in [2.24, 2.45) is 0 Å². The molecule has 1 saturated heterocycles. The molecule has 122 valence electrons. The van der Waals surface area contributed by atoms with Crippen LogP contribution in [0.15, 0.2) is 54.6 Å². The minimum Gasteiger partial charge on any atom is -0.488 e. The number of ether oxygens (including phenoxy) is 1. The molecule has 0 bridgehead atoms. The molecule has 0 aromatic heterocycles. The second-order valence-electron chi connectivity index (χ2n) is 6.21. The first-order chi connectivity index (χ1) is 11.1. The Kier molecular flexibility index (Phi) is 4.94. The Hall–Kier alpha value is -1.91. The highest BCUT2D eigenvalue weighted by molar-refractivity contribution is 5.23. The highest BCUT2D eigenvalue weighted by Gasteiger charge is 2.33. The fraction of sp³-hybridized carbons (Fsp3) is 0.368. The zero-order valence-corrected chi connectivity index (χ0v) is 13.1. The topological polar surface area (TPSA) is 32.7 Å². The van der Waals surface area contributed by atoms with Gasteiger partial charge in [0.1, 0.15) is 12.2 Å². The Labute approximate surface area is 136 Å². The van der Waals surface area contributed by atoms with Gasteiger partial charge in [-0.1, -0.05) is 42.5 Å². The fourth-order valence-corrected chi connectivity index (χ4v) is 2.89. The highest BCUT2D eigenvalue weighted by Crippen LogP contribution is 2.25. The van der Waals surface area contributed by atoms with E-state index in [0.717, 1.165) is 19.6 Å². The number of likely N-dealkylation sites (tertiary alicyclic amines) is 1. The molecule has 3 nitrogen and oxygen atoms in total. The Bertz CT molecular complexity index is 624. The number of halogens is 1. The second-order valence-corrected chi connectivity index (χ2v) is 6.21. The summed E-state index contributed by atoms with van der Waals surface area (Å²) in [7, 11) is 0. The van der Waals surface area contributed by atoms with Crippen LogP contribution in [0.5, 0.6) is 5.75 Å². The molecule has 0 saturated carbocycles. The van der Waals surface area contributed by atoms with Crippen LogP contribution in [0, 0.1) is 5.82 Å². The van der Waals surface area contributed by atoms with Crippen molar-refractivity contribution >= 4 is 0 Å². The van der Waals surface area contributed by atoms with E-state index < -0.39 is 11.4 Å². The number of piperidine rings is 1. The lowest BCUT2D eigenvalue weighted by molar-refractivity contribution is -0.0543. The third kappa shape index (κ3) is 4.30. The Morgan fingerprint density at radius 1 is 1.00 bits per heavy atom. The normalized spacial score (nSPS) is 17.8. The van der Waals surface area contributed by atoms with Crippen molar-refractivity contribution in [1.29, 1.82) is 0 Å². The van der Waals surface area contributed by atoms with Crippen LogP contribution >= 0.6 is 0 Å². The summed E-state index contributed by atoms with van der Waals surface area (Å²) in [6.07, 6.45) is 1.27. The van der Waals surface area contributed by atoms with Crippen LogP contribution in [0.4, 0.5) is 4.39 Å². The molecule has 0 atom stereocenters. The zero-order chi connectivity index (χ0) is 16.1. The molecule has 0 spiro atoms. The number of nitrogens with zero attached hydrogens (tertiary/aromatic N) is 1. The number of hydrogen-bond donors (Lipinski definition) is 1. The Morgan fingerprint density at radius 2 is 1.65 bits per heavy atom. The Morgan fingerprint density at radius 3 is 2.35 bits per heavy atom. The van der Waals surface area contributed by atoms with Crippen molar-refractivity contribution in [2.75, 3.05) is 19.7 Å². The second kappa shape index (κ2) is 7.11. The van der Waals surface area contributed by atoms with Crippen molar-refractivity contribution in [2.45, 2.75) is 25.0 Å². The minimum atomic E-state index is -0.879. The van der Waals surface area contributed by atoms with E-state index >= 15 is 0 Å². The molecular formula is C19H22FNO2. The zero-order valence-electron chi connectivity index (χ0n) is 13.1. The lowest BCUT2D eigenvalue weighted by atomic mass is 9.92. The van der Waals surface area contributed by atoms with E-state index in [0.29, 0.717) is 12.8 Å². The summed E-state index contributed by atoms with van der Waals surface area (Å²) in [5.74, 6) is -0.190. The maximum Gasteiger partial charge on any atom is 0.165 e. The number of benzene rings is 2. The molecule has 2 aromatic rings. The van der Waals surface area contributed by atoms with Gasteiger partial charge >= 0.3 is 0 Å². The maximum absolute atomic E-state index is 13.6. The summed E-state index contributed by atoms with van der Waals surface area (Å²) in [5, 5.41) is 10.6. The predicted molar refractivity (Wildman–Crippen MR) is 87.8 cm³/mol. The van der Waals surface area contributed by atoms with Crippen molar-refractivity contribution < 1.29 is 14.2 Å². The van der Waals surface area contributed by atoms with Crippen molar-refractivity contribution in [3.8, 4) is 5.75 Å². The van der Waals surface area contributed by atoms with E-state index in [-0.39, 0.29) is 12.4 Å². The van der Waals surface area contributed by atoms with Crippen molar-refractivity contribution in [3.63, 3.8) is 0 Å². The number of hydrogen-bond acceptors (Lipinski definition) is 3. The van der Waals surface area contributed by atoms with Gasteiger partial charge in [-0.2, -0.15) is 0 Å². The van der Waals surface area contributed by atoms with Gasteiger partial charge in [0.05, 0.1) is 0 Å². The summed E-state index contributed by atoms with van der Waals surface area (Å²) in [6, 6.07) is 16.6. The first-order valence-electron chi connectivity index (χ1n) is 8.01. The van der Waals surface area contributed by atoms with E-state index in [9.17, 15) is 9.50 Å². The fourth-order valence-electron chi connectivity index (χ4n) is 2.89. The van der Waals surface area contributed by atoms with Gasteiger partial charge in [0, 0.05) is 19.6 Å². The highest BCUT2D eigenvalue weighted by atomic mass is 19.1. The predicted octanol–water partition coefficient (Wildman–Crippen LogP) is 3.23. The quantitative estimate of drug-likeness (QED) is 0.919. The lowest BCUT2D eigenvalue weighted by Crippen LogP contribution is -2.47. The van der Waals surface area contributed by atoms with Gasteiger partial charge in [-0.25, -0.2) is 4.39 Å². The van der Waals surface area contributed by atoms with Crippen molar-refractivity contribution in [3.05, 3.63) is 66.0 Å². The van der Waals surface area contributed by atoms with Gasteiger partial charge in [-0.15, -0.1) is 0 Å². The number of aliphatic hydroxyl groups is 1. The minimum absolute atomic E-state index is 0.132. The van der Waals surface area contributed by atoms with Crippen LogP contribution in [0.3, 0.4) is 0 Å². The first-order valence-corrected chi connectivity index (χ1v) is 8.01. The standard InChI is InChI=1S/C19H22FNO2/c20-17-8-4-5-9-18(17)23-15-19(22)10-12-21(13-11-19)14-16-6-2-1-3-7-16/h1-9,22H,10-15H2. The SMILES string of the molecule is OC1(COc2ccccc2F)CCN(Cc2ccccc2)CC1. The molecule has 1 fully saturated rings. The Balaban J connectivity index is 1.50. The molecule has 2 aromatic carbocycles. The number of rotatable bonds is 5. The molecular weight excluding hydrogens is 293 g/mol. The average Bonchev–Trinajstić information content (AvgIpc) is 2.58. The van der Waals surface area contributed by atoms with Gasteiger partial charge in [0.15, 0.2) is 11.6 Å². The monoisotopic (exact) mass is 315 g/mol. The summed E-state index contributed by atoms with van der Waals surface area (Å²) < 4.78 is 19.0. The molecule has 1 aliphatic rings. The van der Waals surface area contributed by atoms with Gasteiger partial charge in [-0.05, 0) is 30.5 Å².